The van der Waals surface area contributed by atoms with E-state index in [1.807, 2.05) is 7.05 Å². The quantitative estimate of drug-likeness (QED) is 0.548. The molecule has 0 heterocycles. The number of benzene rings is 2. The predicted molar refractivity (Wildman–Crippen MR) is 72.9 cm³/mol. The maximum Gasteiger partial charge on any atom is 0.0727 e. The van der Waals surface area contributed by atoms with Gasteiger partial charge >= 0.3 is 0 Å². The predicted octanol–water partition coefficient (Wildman–Crippen LogP) is 3.52. The number of rotatable bonds is 0. The van der Waals surface area contributed by atoms with Crippen molar-refractivity contribution in [3.8, 4) is 0 Å². The molecule has 1 nitrogen and oxygen atoms in total. The van der Waals surface area contributed by atoms with E-state index < -0.39 is 0 Å². The molecule has 17 heavy (non-hydrogen) atoms. The average molecular weight is 219 g/mol. The SMILES string of the molecule is CN=c1c2ccccc2ccc2ccccc12. The highest BCUT2D eigenvalue weighted by Gasteiger charge is 1.98. The highest BCUT2D eigenvalue weighted by atomic mass is 14.6. The van der Waals surface area contributed by atoms with E-state index in [2.05, 4.69) is 65.7 Å². The van der Waals surface area contributed by atoms with Gasteiger partial charge in [-0.05, 0) is 10.8 Å². The number of nitrogens with zero attached hydrogens (tertiary/aromatic N) is 1. The van der Waals surface area contributed by atoms with Gasteiger partial charge in [-0.25, -0.2) is 0 Å². The van der Waals surface area contributed by atoms with Gasteiger partial charge in [-0.3, -0.25) is 4.99 Å². The van der Waals surface area contributed by atoms with Gasteiger partial charge in [-0.2, -0.15) is 0 Å². The zero-order chi connectivity index (χ0) is 11.7. The van der Waals surface area contributed by atoms with E-state index in [0.29, 0.717) is 0 Å². The van der Waals surface area contributed by atoms with Crippen LogP contribution in [0.2, 0.25) is 0 Å². The van der Waals surface area contributed by atoms with Crippen molar-refractivity contribution in [3.05, 3.63) is 66.0 Å². The maximum absolute atomic E-state index is 4.47. The van der Waals surface area contributed by atoms with E-state index in [0.717, 1.165) is 5.36 Å². The van der Waals surface area contributed by atoms with Crippen LogP contribution >= 0.6 is 0 Å². The smallest absolute Gasteiger partial charge is 0.0727 e. The van der Waals surface area contributed by atoms with Gasteiger partial charge in [0, 0.05) is 17.8 Å². The molecule has 0 aliphatic rings. The second kappa shape index (κ2) is 4.02. The van der Waals surface area contributed by atoms with Gasteiger partial charge < -0.3 is 0 Å². The molecule has 0 amide bonds. The van der Waals surface area contributed by atoms with Gasteiger partial charge in [0.2, 0.25) is 0 Å². The minimum Gasteiger partial charge on any atom is -0.287 e. The Morgan fingerprint density at radius 2 is 1.12 bits per heavy atom. The molecule has 0 radical (unpaired) electrons. The third-order valence-corrected chi connectivity index (χ3v) is 3.10. The first-order valence-electron chi connectivity index (χ1n) is 5.74. The third kappa shape index (κ3) is 1.60. The van der Waals surface area contributed by atoms with Crippen molar-refractivity contribution in [2.45, 2.75) is 0 Å². The van der Waals surface area contributed by atoms with E-state index in [9.17, 15) is 0 Å². The summed E-state index contributed by atoms with van der Waals surface area (Å²) in [5.74, 6) is 0. The second-order valence-electron chi connectivity index (χ2n) is 4.08. The van der Waals surface area contributed by atoms with E-state index in [1.165, 1.54) is 21.5 Å². The Labute approximate surface area is 100 Å². The summed E-state index contributed by atoms with van der Waals surface area (Å²) in [5, 5.41) is 5.93. The van der Waals surface area contributed by atoms with Gasteiger partial charge in [-0.15, -0.1) is 0 Å². The lowest BCUT2D eigenvalue weighted by Gasteiger charge is -1.94. The summed E-state index contributed by atoms with van der Waals surface area (Å²) >= 11 is 0. The van der Waals surface area contributed by atoms with Crippen molar-refractivity contribution in [3.63, 3.8) is 0 Å². The van der Waals surface area contributed by atoms with Crippen LogP contribution in [-0.4, -0.2) is 7.05 Å². The normalized spacial score (nSPS) is 10.6. The molecule has 0 bridgehead atoms. The molecule has 0 atom stereocenters. The standard InChI is InChI=1S/C16H13N/c1-17-16-14-8-4-2-6-12(14)10-11-13-7-3-5-9-15(13)16/h2-11H,1H3. The molecule has 0 fully saturated rings. The third-order valence-electron chi connectivity index (χ3n) is 3.10. The molecule has 0 unspecified atom stereocenters. The Morgan fingerprint density at radius 1 is 0.647 bits per heavy atom. The fourth-order valence-corrected chi connectivity index (χ4v) is 2.28. The van der Waals surface area contributed by atoms with Gasteiger partial charge in [0.1, 0.15) is 0 Å². The molecule has 0 N–H and O–H groups in total. The molecule has 82 valence electrons. The van der Waals surface area contributed by atoms with Crippen LogP contribution in [0.25, 0.3) is 21.5 Å². The highest BCUT2D eigenvalue weighted by Crippen LogP contribution is 2.14. The van der Waals surface area contributed by atoms with Gasteiger partial charge in [0.15, 0.2) is 0 Å². The lowest BCUT2D eigenvalue weighted by molar-refractivity contribution is 1.32. The lowest BCUT2D eigenvalue weighted by atomic mass is 10.1. The molecule has 0 aliphatic heterocycles. The van der Waals surface area contributed by atoms with Crippen LogP contribution in [0.4, 0.5) is 0 Å². The van der Waals surface area contributed by atoms with Crippen LogP contribution in [0.15, 0.2) is 65.7 Å². The van der Waals surface area contributed by atoms with Crippen molar-refractivity contribution in [2.24, 2.45) is 4.99 Å². The molecule has 0 saturated heterocycles. The number of hydrogen-bond donors (Lipinski definition) is 0. The molecular formula is C16H13N. The van der Waals surface area contributed by atoms with E-state index in [1.54, 1.807) is 0 Å². The van der Waals surface area contributed by atoms with Gasteiger partial charge in [0.25, 0.3) is 0 Å². The minimum absolute atomic E-state index is 1.07. The van der Waals surface area contributed by atoms with E-state index >= 15 is 0 Å². The van der Waals surface area contributed by atoms with Crippen LogP contribution in [-0.2, 0) is 0 Å². The zero-order valence-corrected chi connectivity index (χ0v) is 9.72. The lowest BCUT2D eigenvalue weighted by Crippen LogP contribution is -2.00. The first-order valence-corrected chi connectivity index (χ1v) is 5.74. The largest absolute Gasteiger partial charge is 0.287 e. The highest BCUT2D eigenvalue weighted by molar-refractivity contribution is 5.92. The van der Waals surface area contributed by atoms with E-state index in [4.69, 9.17) is 0 Å². The van der Waals surface area contributed by atoms with Gasteiger partial charge in [-0.1, -0.05) is 60.7 Å². The summed E-state index contributed by atoms with van der Waals surface area (Å²) in [6, 6.07) is 21.1. The molecule has 0 saturated carbocycles. The number of fused-ring (bicyclic) bond motifs is 2. The first kappa shape index (κ1) is 10.0. The maximum atomic E-state index is 4.47. The fourth-order valence-electron chi connectivity index (χ4n) is 2.28. The van der Waals surface area contributed by atoms with Crippen LogP contribution in [0.5, 0.6) is 0 Å². The topological polar surface area (TPSA) is 12.4 Å². The van der Waals surface area contributed by atoms with Crippen molar-refractivity contribution in [1.82, 2.24) is 0 Å². The fraction of sp³-hybridized carbons (Fsp3) is 0.0625. The Balaban J connectivity index is 2.71. The molecule has 3 aromatic rings. The molecule has 3 rings (SSSR count). The summed E-state index contributed by atoms with van der Waals surface area (Å²) < 4.78 is 0. The van der Waals surface area contributed by atoms with Crippen molar-refractivity contribution in [1.29, 1.82) is 0 Å². The summed E-state index contributed by atoms with van der Waals surface area (Å²) in [6.45, 7) is 0. The molecule has 0 aliphatic carbocycles. The van der Waals surface area contributed by atoms with Crippen molar-refractivity contribution in [2.75, 3.05) is 7.05 Å². The monoisotopic (exact) mass is 219 g/mol. The number of hydrogen-bond acceptors (Lipinski definition) is 1. The average Bonchev–Trinajstić information content (AvgIpc) is 2.55. The van der Waals surface area contributed by atoms with Crippen molar-refractivity contribution < 1.29 is 0 Å². The first-order chi connectivity index (χ1) is 8.40. The summed E-state index contributed by atoms with van der Waals surface area (Å²) in [4.78, 5) is 4.47. The Hall–Kier alpha value is -2.15. The molecule has 1 heteroatoms. The zero-order valence-electron chi connectivity index (χ0n) is 9.72. The molecule has 0 spiro atoms. The molecular weight excluding hydrogens is 206 g/mol. The minimum atomic E-state index is 1.07. The summed E-state index contributed by atoms with van der Waals surface area (Å²) in [5.41, 5.74) is 0. The Morgan fingerprint density at radius 3 is 1.59 bits per heavy atom. The molecule has 3 aromatic carbocycles. The van der Waals surface area contributed by atoms with Crippen LogP contribution < -0.4 is 5.36 Å². The Kier molecular flexibility index (Phi) is 2.37. The summed E-state index contributed by atoms with van der Waals surface area (Å²) in [6.07, 6.45) is 0. The van der Waals surface area contributed by atoms with E-state index in [-0.39, 0.29) is 0 Å². The second-order valence-corrected chi connectivity index (χ2v) is 4.08. The molecule has 0 aromatic heterocycles. The van der Waals surface area contributed by atoms with Crippen LogP contribution in [0, 0.1) is 0 Å². The summed E-state index contributed by atoms with van der Waals surface area (Å²) in [7, 11) is 1.86. The van der Waals surface area contributed by atoms with Crippen LogP contribution in [0.1, 0.15) is 0 Å². The van der Waals surface area contributed by atoms with Crippen molar-refractivity contribution >= 4 is 21.5 Å². The van der Waals surface area contributed by atoms with Gasteiger partial charge in [0.05, 0.1) is 5.36 Å². The van der Waals surface area contributed by atoms with Crippen LogP contribution in [0.3, 0.4) is 0 Å². The Bertz CT molecular complexity index is 696.